The number of halogens is 1. The van der Waals surface area contributed by atoms with Crippen molar-refractivity contribution in [3.63, 3.8) is 0 Å². The van der Waals surface area contributed by atoms with Gasteiger partial charge in [0.1, 0.15) is 11.8 Å². The molecule has 0 unspecified atom stereocenters. The molecule has 0 bridgehead atoms. The standard InChI is InChI=1S/C19H20BrN3O3/c1-13(24)12-21-18(25)17(11-14-5-3-2-4-6-14)23-19(26)22-16-9-7-15(20)8-10-16/h2-10,17H,11-12H2,1H3,(H,21,25)(H2,22,23,26)/t17-/m0/s1. The summed E-state index contributed by atoms with van der Waals surface area (Å²) in [5.74, 6) is -0.564. The fourth-order valence-electron chi connectivity index (χ4n) is 2.25. The van der Waals surface area contributed by atoms with Crippen LogP contribution in [0.15, 0.2) is 59.1 Å². The Balaban J connectivity index is 2.04. The fourth-order valence-corrected chi connectivity index (χ4v) is 2.52. The Morgan fingerprint density at radius 3 is 2.27 bits per heavy atom. The number of Topliss-reactive ketones (excluding diaryl/α,β-unsaturated/α-hetero) is 1. The minimum atomic E-state index is -0.799. The summed E-state index contributed by atoms with van der Waals surface area (Å²) in [4.78, 5) is 35.7. The number of benzene rings is 2. The first-order valence-electron chi connectivity index (χ1n) is 8.08. The quantitative estimate of drug-likeness (QED) is 0.646. The van der Waals surface area contributed by atoms with Gasteiger partial charge in [-0.2, -0.15) is 0 Å². The maximum absolute atomic E-state index is 12.4. The number of hydrogen-bond acceptors (Lipinski definition) is 3. The number of ketones is 1. The fraction of sp³-hybridized carbons (Fsp3) is 0.211. The minimum absolute atomic E-state index is 0.0693. The molecule has 0 aliphatic heterocycles. The Hall–Kier alpha value is -2.67. The molecule has 7 heteroatoms. The third-order valence-electron chi connectivity index (χ3n) is 3.52. The van der Waals surface area contributed by atoms with Crippen LogP contribution in [-0.2, 0) is 16.0 Å². The maximum atomic E-state index is 12.4. The molecule has 26 heavy (non-hydrogen) atoms. The summed E-state index contributed by atoms with van der Waals surface area (Å²) in [5.41, 5.74) is 1.51. The molecule has 3 amide bonds. The van der Waals surface area contributed by atoms with E-state index in [1.165, 1.54) is 6.92 Å². The smallest absolute Gasteiger partial charge is 0.319 e. The zero-order chi connectivity index (χ0) is 18.9. The van der Waals surface area contributed by atoms with E-state index >= 15 is 0 Å². The van der Waals surface area contributed by atoms with Crippen molar-refractivity contribution in [1.29, 1.82) is 0 Å². The summed E-state index contributed by atoms with van der Waals surface area (Å²) < 4.78 is 0.897. The molecule has 2 aromatic carbocycles. The topological polar surface area (TPSA) is 87.3 Å². The summed E-state index contributed by atoms with van der Waals surface area (Å²) >= 11 is 3.33. The molecular formula is C19H20BrN3O3. The second-order valence-electron chi connectivity index (χ2n) is 5.77. The van der Waals surface area contributed by atoms with E-state index in [1.807, 2.05) is 30.3 Å². The summed E-state index contributed by atoms with van der Waals surface area (Å²) in [5, 5.41) is 7.90. The average molecular weight is 418 g/mol. The lowest BCUT2D eigenvalue weighted by molar-refractivity contribution is -0.125. The third-order valence-corrected chi connectivity index (χ3v) is 4.05. The Kier molecular flexibility index (Phi) is 7.35. The molecular weight excluding hydrogens is 398 g/mol. The molecule has 0 radical (unpaired) electrons. The molecule has 1 atom stereocenters. The van der Waals surface area contributed by atoms with Gasteiger partial charge in [0.05, 0.1) is 6.54 Å². The van der Waals surface area contributed by atoms with E-state index in [0.29, 0.717) is 12.1 Å². The van der Waals surface area contributed by atoms with Crippen LogP contribution in [0.1, 0.15) is 12.5 Å². The number of hydrogen-bond donors (Lipinski definition) is 3. The van der Waals surface area contributed by atoms with E-state index in [0.717, 1.165) is 10.0 Å². The van der Waals surface area contributed by atoms with Crippen molar-refractivity contribution in [2.24, 2.45) is 0 Å². The number of urea groups is 1. The predicted molar refractivity (Wildman–Crippen MR) is 104 cm³/mol. The van der Waals surface area contributed by atoms with Gasteiger partial charge in [0, 0.05) is 16.6 Å². The lowest BCUT2D eigenvalue weighted by Crippen LogP contribution is -2.50. The van der Waals surface area contributed by atoms with Crippen LogP contribution in [-0.4, -0.2) is 30.3 Å². The van der Waals surface area contributed by atoms with Gasteiger partial charge in [0.2, 0.25) is 5.91 Å². The minimum Gasteiger partial charge on any atom is -0.347 e. The van der Waals surface area contributed by atoms with Gasteiger partial charge in [0.15, 0.2) is 0 Å². The van der Waals surface area contributed by atoms with Crippen LogP contribution in [0.2, 0.25) is 0 Å². The SMILES string of the molecule is CC(=O)CNC(=O)[C@H](Cc1ccccc1)NC(=O)Nc1ccc(Br)cc1. The summed E-state index contributed by atoms with van der Waals surface area (Å²) in [7, 11) is 0. The molecule has 136 valence electrons. The molecule has 0 aromatic heterocycles. The van der Waals surface area contributed by atoms with Crippen LogP contribution in [0.25, 0.3) is 0 Å². The zero-order valence-corrected chi connectivity index (χ0v) is 15.9. The predicted octanol–water partition coefficient (Wildman–Crippen LogP) is 2.89. The van der Waals surface area contributed by atoms with Gasteiger partial charge in [-0.1, -0.05) is 46.3 Å². The van der Waals surface area contributed by atoms with Crippen LogP contribution in [0, 0.1) is 0 Å². The first-order valence-corrected chi connectivity index (χ1v) is 8.87. The van der Waals surface area contributed by atoms with Crippen molar-refractivity contribution in [3.8, 4) is 0 Å². The maximum Gasteiger partial charge on any atom is 0.319 e. The summed E-state index contributed by atoms with van der Waals surface area (Å²) in [6.07, 6.45) is 0.318. The van der Waals surface area contributed by atoms with E-state index in [9.17, 15) is 14.4 Å². The number of carbonyl (C=O) groups is 3. The van der Waals surface area contributed by atoms with E-state index in [2.05, 4.69) is 31.9 Å². The molecule has 3 N–H and O–H groups in total. The van der Waals surface area contributed by atoms with Gasteiger partial charge >= 0.3 is 6.03 Å². The van der Waals surface area contributed by atoms with Crippen LogP contribution >= 0.6 is 15.9 Å². The normalized spacial score (nSPS) is 11.3. The molecule has 2 aromatic rings. The van der Waals surface area contributed by atoms with Crippen molar-refractivity contribution in [2.75, 3.05) is 11.9 Å². The first-order chi connectivity index (χ1) is 12.4. The van der Waals surface area contributed by atoms with E-state index in [-0.39, 0.29) is 12.3 Å². The Bertz CT molecular complexity index is 763. The highest BCUT2D eigenvalue weighted by Crippen LogP contribution is 2.14. The van der Waals surface area contributed by atoms with Gasteiger partial charge in [-0.05, 0) is 36.8 Å². The summed E-state index contributed by atoms with van der Waals surface area (Å²) in [6.45, 7) is 1.32. The average Bonchev–Trinajstić information content (AvgIpc) is 2.62. The number of amides is 3. The second-order valence-corrected chi connectivity index (χ2v) is 6.68. The van der Waals surface area contributed by atoms with Crippen LogP contribution in [0.4, 0.5) is 10.5 Å². The molecule has 0 aliphatic rings. The largest absolute Gasteiger partial charge is 0.347 e. The van der Waals surface area contributed by atoms with E-state index in [4.69, 9.17) is 0 Å². The van der Waals surface area contributed by atoms with Crippen LogP contribution in [0.5, 0.6) is 0 Å². The highest BCUT2D eigenvalue weighted by atomic mass is 79.9. The monoisotopic (exact) mass is 417 g/mol. The number of anilines is 1. The molecule has 0 fully saturated rings. The Morgan fingerprint density at radius 2 is 1.65 bits per heavy atom. The molecule has 0 aliphatic carbocycles. The molecule has 0 heterocycles. The molecule has 0 saturated carbocycles. The third kappa shape index (κ3) is 6.68. The highest BCUT2D eigenvalue weighted by Gasteiger charge is 2.21. The van der Waals surface area contributed by atoms with Gasteiger partial charge in [-0.25, -0.2) is 4.79 Å². The van der Waals surface area contributed by atoms with Gasteiger partial charge < -0.3 is 16.0 Å². The zero-order valence-electron chi connectivity index (χ0n) is 14.3. The second kappa shape index (κ2) is 9.72. The van der Waals surface area contributed by atoms with Crippen LogP contribution < -0.4 is 16.0 Å². The molecule has 0 spiro atoms. The van der Waals surface area contributed by atoms with Gasteiger partial charge in [0.25, 0.3) is 0 Å². The van der Waals surface area contributed by atoms with E-state index in [1.54, 1.807) is 24.3 Å². The molecule has 0 saturated heterocycles. The molecule has 2 rings (SSSR count). The lowest BCUT2D eigenvalue weighted by atomic mass is 10.1. The van der Waals surface area contributed by atoms with Crippen molar-refractivity contribution in [1.82, 2.24) is 10.6 Å². The first kappa shape index (κ1) is 19.7. The Morgan fingerprint density at radius 1 is 1.00 bits per heavy atom. The number of rotatable bonds is 7. The van der Waals surface area contributed by atoms with Crippen molar-refractivity contribution in [3.05, 3.63) is 64.6 Å². The molecule has 6 nitrogen and oxygen atoms in total. The van der Waals surface area contributed by atoms with Gasteiger partial charge in [-0.3, -0.25) is 9.59 Å². The van der Waals surface area contributed by atoms with Crippen molar-refractivity contribution in [2.45, 2.75) is 19.4 Å². The summed E-state index contributed by atoms with van der Waals surface area (Å²) in [6, 6.07) is 15.1. The van der Waals surface area contributed by atoms with Crippen molar-refractivity contribution >= 4 is 39.3 Å². The Labute approximate surface area is 160 Å². The number of nitrogens with one attached hydrogen (secondary N) is 3. The lowest BCUT2D eigenvalue weighted by Gasteiger charge is -2.19. The van der Waals surface area contributed by atoms with E-state index < -0.39 is 18.0 Å². The van der Waals surface area contributed by atoms with Crippen molar-refractivity contribution < 1.29 is 14.4 Å². The highest BCUT2D eigenvalue weighted by molar-refractivity contribution is 9.10. The number of carbonyl (C=O) groups excluding carboxylic acids is 3. The van der Waals surface area contributed by atoms with Gasteiger partial charge in [-0.15, -0.1) is 0 Å². The van der Waals surface area contributed by atoms with Crippen LogP contribution in [0.3, 0.4) is 0 Å².